The molecule has 1 N–H and O–H groups in total. The smallest absolute Gasteiger partial charge is 0.303 e. The molecule has 210 valence electrons. The van der Waals surface area contributed by atoms with Gasteiger partial charge >= 0.3 is 23.9 Å². The zero-order valence-electron chi connectivity index (χ0n) is 21.8. The molecule has 1 saturated heterocycles. The molecule has 2 aromatic rings. The average molecular weight is 609 g/mol. The van der Waals surface area contributed by atoms with Crippen LogP contribution in [0.3, 0.4) is 0 Å². The molecular weight excluding hydrogens is 580 g/mol. The van der Waals surface area contributed by atoms with Gasteiger partial charge in [-0.25, -0.2) is 0 Å². The van der Waals surface area contributed by atoms with E-state index < -0.39 is 60.7 Å². The van der Waals surface area contributed by atoms with E-state index in [2.05, 4.69) is 15.9 Å². The SMILES string of the molecule is CC(=O)OC[C@H]1OC(O)(c2ccc(Br)c(COc3ccccc3)c2)[C@H](OC(C)=O)[C@@H](OC(C)=O)[C@@H]1OC(C)=O. The summed E-state index contributed by atoms with van der Waals surface area (Å²) in [6.45, 7) is 4.09. The van der Waals surface area contributed by atoms with Crippen molar-refractivity contribution in [1.29, 1.82) is 0 Å². The fourth-order valence-electron chi connectivity index (χ4n) is 4.10. The highest BCUT2D eigenvalue weighted by Gasteiger charge is 2.60. The van der Waals surface area contributed by atoms with Gasteiger partial charge in [0.25, 0.3) is 0 Å². The molecule has 0 bridgehead atoms. The maximum absolute atomic E-state index is 12.1. The lowest BCUT2D eigenvalue weighted by Crippen LogP contribution is -2.66. The molecule has 3 rings (SSSR count). The number of carbonyl (C=O) groups is 4. The standard InChI is InChI=1S/C27H29BrO11/c1-15(29)34-14-23-24(36-16(2)30)25(37-17(3)31)26(38-18(4)32)27(33,39-23)20-10-11-22(28)19(12-20)13-35-21-8-6-5-7-9-21/h5-12,23-26,33H,13-14H2,1-4H3/t23-,24-,25+,26-,27?/m1/s1. The van der Waals surface area contributed by atoms with Crippen LogP contribution in [0.25, 0.3) is 0 Å². The summed E-state index contributed by atoms with van der Waals surface area (Å²) in [4.78, 5) is 47.7. The lowest BCUT2D eigenvalue weighted by Gasteiger charge is -2.48. The molecule has 1 fully saturated rings. The number of esters is 4. The maximum atomic E-state index is 12.1. The Morgan fingerprint density at radius 3 is 2.08 bits per heavy atom. The Bertz CT molecular complexity index is 1200. The molecule has 1 heterocycles. The molecule has 11 nitrogen and oxygen atoms in total. The summed E-state index contributed by atoms with van der Waals surface area (Å²) in [7, 11) is 0. The number of ether oxygens (including phenoxy) is 6. The second kappa shape index (κ2) is 13.0. The van der Waals surface area contributed by atoms with E-state index >= 15 is 0 Å². The topological polar surface area (TPSA) is 144 Å². The summed E-state index contributed by atoms with van der Waals surface area (Å²) in [5.74, 6) is -4.90. The van der Waals surface area contributed by atoms with Crippen molar-refractivity contribution in [1.82, 2.24) is 0 Å². The molecule has 5 atom stereocenters. The largest absolute Gasteiger partial charge is 0.489 e. The van der Waals surface area contributed by atoms with E-state index in [1.54, 1.807) is 24.3 Å². The van der Waals surface area contributed by atoms with E-state index in [9.17, 15) is 24.3 Å². The van der Waals surface area contributed by atoms with Gasteiger partial charge < -0.3 is 33.5 Å². The minimum Gasteiger partial charge on any atom is -0.489 e. The lowest BCUT2D eigenvalue weighted by molar-refractivity contribution is -0.360. The van der Waals surface area contributed by atoms with Gasteiger partial charge in [-0.3, -0.25) is 19.2 Å². The normalized spacial score (nSPS) is 24.3. The molecule has 1 aliphatic heterocycles. The minimum absolute atomic E-state index is 0.0903. The zero-order valence-corrected chi connectivity index (χ0v) is 23.3. The Hall–Kier alpha value is -3.48. The van der Waals surface area contributed by atoms with Crippen LogP contribution in [0, 0.1) is 0 Å². The number of aliphatic hydroxyl groups is 1. The van der Waals surface area contributed by atoms with Crippen molar-refractivity contribution in [3.63, 3.8) is 0 Å². The van der Waals surface area contributed by atoms with Crippen molar-refractivity contribution in [2.24, 2.45) is 0 Å². The van der Waals surface area contributed by atoms with Gasteiger partial charge in [-0.15, -0.1) is 0 Å². The summed E-state index contributed by atoms with van der Waals surface area (Å²) in [6.07, 6.45) is -5.92. The molecule has 0 amide bonds. The van der Waals surface area contributed by atoms with Gasteiger partial charge in [0, 0.05) is 43.3 Å². The first-order valence-electron chi connectivity index (χ1n) is 11.9. The third-order valence-electron chi connectivity index (χ3n) is 5.65. The molecule has 12 heteroatoms. The van der Waals surface area contributed by atoms with Crippen LogP contribution in [-0.2, 0) is 55.3 Å². The van der Waals surface area contributed by atoms with E-state index in [-0.39, 0.29) is 12.2 Å². The van der Waals surface area contributed by atoms with Crippen LogP contribution in [0.2, 0.25) is 0 Å². The van der Waals surface area contributed by atoms with Crippen molar-refractivity contribution >= 4 is 39.8 Å². The van der Waals surface area contributed by atoms with Crippen LogP contribution in [0.5, 0.6) is 5.75 Å². The highest BCUT2D eigenvalue weighted by molar-refractivity contribution is 9.10. The summed E-state index contributed by atoms with van der Waals surface area (Å²) < 4.78 is 33.8. The summed E-state index contributed by atoms with van der Waals surface area (Å²) >= 11 is 3.46. The fourth-order valence-corrected chi connectivity index (χ4v) is 4.46. The average Bonchev–Trinajstić information content (AvgIpc) is 2.86. The molecule has 2 aromatic carbocycles. The molecule has 39 heavy (non-hydrogen) atoms. The second-order valence-corrected chi connectivity index (χ2v) is 9.60. The lowest BCUT2D eigenvalue weighted by atomic mass is 9.87. The van der Waals surface area contributed by atoms with Crippen LogP contribution < -0.4 is 4.74 Å². The number of benzene rings is 2. The Morgan fingerprint density at radius 2 is 1.49 bits per heavy atom. The van der Waals surface area contributed by atoms with E-state index in [1.165, 1.54) is 6.07 Å². The number of rotatable bonds is 9. The van der Waals surface area contributed by atoms with Gasteiger partial charge in [0.2, 0.25) is 11.9 Å². The number of halogens is 1. The Balaban J connectivity index is 2.09. The number of hydrogen-bond acceptors (Lipinski definition) is 11. The fraction of sp³-hybridized carbons (Fsp3) is 0.407. The van der Waals surface area contributed by atoms with Crippen molar-refractivity contribution in [3.8, 4) is 5.75 Å². The van der Waals surface area contributed by atoms with Gasteiger partial charge in [0.15, 0.2) is 12.2 Å². The zero-order chi connectivity index (χ0) is 28.7. The highest BCUT2D eigenvalue weighted by Crippen LogP contribution is 2.42. The molecule has 0 aromatic heterocycles. The number of para-hydroxylation sites is 1. The van der Waals surface area contributed by atoms with Gasteiger partial charge in [-0.2, -0.15) is 0 Å². The van der Waals surface area contributed by atoms with E-state index in [0.29, 0.717) is 15.8 Å². The van der Waals surface area contributed by atoms with Crippen molar-refractivity contribution < 1.29 is 52.7 Å². The van der Waals surface area contributed by atoms with Gasteiger partial charge in [-0.1, -0.05) is 40.2 Å². The van der Waals surface area contributed by atoms with Gasteiger partial charge in [-0.05, 0) is 24.3 Å². The molecule has 0 aliphatic carbocycles. The van der Waals surface area contributed by atoms with Crippen molar-refractivity contribution in [2.45, 2.75) is 64.5 Å². The predicted molar refractivity (Wildman–Crippen MR) is 137 cm³/mol. The van der Waals surface area contributed by atoms with Gasteiger partial charge in [0.1, 0.15) is 25.1 Å². The monoisotopic (exact) mass is 608 g/mol. The van der Waals surface area contributed by atoms with Crippen LogP contribution in [0.1, 0.15) is 38.8 Å². The van der Waals surface area contributed by atoms with Crippen molar-refractivity contribution in [2.75, 3.05) is 6.61 Å². The Kier molecular flexibility index (Phi) is 10.1. The first-order valence-corrected chi connectivity index (χ1v) is 12.7. The Labute approximate surface area is 233 Å². The molecule has 0 saturated carbocycles. The molecular formula is C27H29BrO11. The minimum atomic E-state index is -2.44. The third-order valence-corrected chi connectivity index (χ3v) is 6.42. The quantitative estimate of drug-likeness (QED) is 0.331. The van der Waals surface area contributed by atoms with E-state index in [4.69, 9.17) is 28.4 Å². The van der Waals surface area contributed by atoms with Crippen LogP contribution in [-0.4, -0.2) is 60.0 Å². The third kappa shape index (κ3) is 7.78. The summed E-state index contributed by atoms with van der Waals surface area (Å²) in [5.41, 5.74) is 0.701. The maximum Gasteiger partial charge on any atom is 0.303 e. The van der Waals surface area contributed by atoms with Crippen LogP contribution >= 0.6 is 15.9 Å². The predicted octanol–water partition coefficient (Wildman–Crippen LogP) is 2.93. The van der Waals surface area contributed by atoms with Gasteiger partial charge in [0.05, 0.1) is 0 Å². The molecule has 0 radical (unpaired) electrons. The van der Waals surface area contributed by atoms with Crippen molar-refractivity contribution in [3.05, 3.63) is 64.1 Å². The second-order valence-electron chi connectivity index (χ2n) is 8.74. The van der Waals surface area contributed by atoms with Crippen LogP contribution in [0.15, 0.2) is 53.0 Å². The summed E-state index contributed by atoms with van der Waals surface area (Å²) in [5, 5.41) is 12.0. The highest BCUT2D eigenvalue weighted by atomic mass is 79.9. The first-order chi connectivity index (χ1) is 18.4. The van der Waals surface area contributed by atoms with E-state index in [1.807, 2.05) is 18.2 Å². The van der Waals surface area contributed by atoms with E-state index in [0.717, 1.165) is 27.7 Å². The molecule has 0 spiro atoms. The number of carbonyl (C=O) groups excluding carboxylic acids is 4. The Morgan fingerprint density at radius 1 is 0.872 bits per heavy atom. The van der Waals surface area contributed by atoms with Crippen LogP contribution in [0.4, 0.5) is 0 Å². The molecule has 1 aliphatic rings. The first kappa shape index (κ1) is 30.1. The number of hydrogen-bond donors (Lipinski definition) is 1. The molecule has 1 unspecified atom stereocenters. The summed E-state index contributed by atoms with van der Waals surface area (Å²) in [6, 6.07) is 13.8.